The fourth-order valence-corrected chi connectivity index (χ4v) is 2.90. The zero-order valence-corrected chi connectivity index (χ0v) is 13.3. The van der Waals surface area contributed by atoms with Crippen molar-refractivity contribution in [1.82, 2.24) is 14.8 Å². The second-order valence-corrected chi connectivity index (χ2v) is 5.76. The van der Waals surface area contributed by atoms with Gasteiger partial charge in [-0.25, -0.2) is 9.37 Å². The van der Waals surface area contributed by atoms with Gasteiger partial charge in [0.2, 0.25) is 5.43 Å². The van der Waals surface area contributed by atoms with E-state index >= 15 is 0 Å². The van der Waals surface area contributed by atoms with Crippen LogP contribution in [0.1, 0.15) is 23.1 Å². The second kappa shape index (κ2) is 5.88. The maximum absolute atomic E-state index is 13.5. The molecule has 8 heteroatoms. The summed E-state index contributed by atoms with van der Waals surface area (Å²) in [5, 5.41) is 8.94. The molecule has 1 N–H and O–H groups in total. The van der Waals surface area contributed by atoms with Gasteiger partial charge < -0.3 is 0 Å². The summed E-state index contributed by atoms with van der Waals surface area (Å²) in [4.78, 5) is 28.9. The Bertz CT molecular complexity index is 964. The van der Waals surface area contributed by atoms with E-state index in [9.17, 15) is 14.0 Å². The monoisotopic (exact) mass is 332 g/mol. The summed E-state index contributed by atoms with van der Waals surface area (Å²) in [5.41, 5.74) is 0.373. The van der Waals surface area contributed by atoms with E-state index in [1.807, 2.05) is 6.92 Å². The fourth-order valence-electron chi connectivity index (χ4n) is 2.22. The Morgan fingerprint density at radius 1 is 1.43 bits per heavy atom. The SMILES string of the molecule is CCn1nc(C(=O)Nc2nc(C)cs2)c(=O)c2cc(F)ccc21. The summed E-state index contributed by atoms with van der Waals surface area (Å²) in [7, 11) is 0. The molecule has 2 heterocycles. The van der Waals surface area contributed by atoms with Gasteiger partial charge in [-0.2, -0.15) is 5.10 Å². The average molecular weight is 332 g/mol. The van der Waals surface area contributed by atoms with Gasteiger partial charge in [-0.3, -0.25) is 19.6 Å². The third-order valence-electron chi connectivity index (χ3n) is 3.27. The predicted octanol–water partition coefficient (Wildman–Crippen LogP) is 2.57. The minimum Gasteiger partial charge on any atom is -0.296 e. The Labute approximate surface area is 134 Å². The number of aromatic nitrogens is 3. The standard InChI is InChI=1S/C15H13FN4O2S/c1-3-20-11-5-4-9(16)6-10(11)13(21)12(19-20)14(22)18-15-17-8(2)7-23-15/h4-7H,3H2,1-2H3,(H,17,18,22). The third-order valence-corrected chi connectivity index (χ3v) is 4.15. The molecule has 0 aliphatic rings. The highest BCUT2D eigenvalue weighted by molar-refractivity contribution is 7.13. The minimum absolute atomic E-state index is 0.127. The van der Waals surface area contributed by atoms with Gasteiger partial charge in [-0.15, -0.1) is 11.3 Å². The summed E-state index contributed by atoms with van der Waals surface area (Å²) in [5.74, 6) is -1.19. The van der Waals surface area contributed by atoms with Crippen LogP contribution in [-0.2, 0) is 6.54 Å². The summed E-state index contributed by atoms with van der Waals surface area (Å²) in [6.45, 7) is 4.07. The van der Waals surface area contributed by atoms with Crippen LogP contribution in [0.25, 0.3) is 10.9 Å². The molecule has 0 saturated heterocycles. The Hall–Kier alpha value is -2.61. The fraction of sp³-hybridized carbons (Fsp3) is 0.200. The number of halogens is 1. The molecule has 0 fully saturated rings. The van der Waals surface area contributed by atoms with E-state index in [1.165, 1.54) is 28.2 Å². The number of amides is 1. The van der Waals surface area contributed by atoms with Crippen LogP contribution in [0.2, 0.25) is 0 Å². The Balaban J connectivity index is 2.11. The molecule has 0 spiro atoms. The summed E-state index contributed by atoms with van der Waals surface area (Å²) in [6.07, 6.45) is 0. The van der Waals surface area contributed by atoms with Crippen molar-refractivity contribution in [1.29, 1.82) is 0 Å². The van der Waals surface area contributed by atoms with E-state index in [2.05, 4.69) is 15.4 Å². The van der Waals surface area contributed by atoms with E-state index in [0.717, 1.165) is 11.8 Å². The van der Waals surface area contributed by atoms with Crippen LogP contribution in [0, 0.1) is 12.7 Å². The summed E-state index contributed by atoms with van der Waals surface area (Å²) < 4.78 is 15.0. The zero-order chi connectivity index (χ0) is 16.6. The number of aryl methyl sites for hydroxylation is 2. The first-order valence-corrected chi connectivity index (χ1v) is 7.81. The quantitative estimate of drug-likeness (QED) is 0.800. The molecule has 118 valence electrons. The van der Waals surface area contributed by atoms with E-state index in [0.29, 0.717) is 17.2 Å². The van der Waals surface area contributed by atoms with Crippen LogP contribution in [0.15, 0.2) is 28.4 Å². The maximum atomic E-state index is 13.5. The van der Waals surface area contributed by atoms with Crippen molar-refractivity contribution in [2.24, 2.45) is 0 Å². The minimum atomic E-state index is -0.655. The van der Waals surface area contributed by atoms with Crippen molar-refractivity contribution in [2.45, 2.75) is 20.4 Å². The molecule has 0 bridgehead atoms. The van der Waals surface area contributed by atoms with Gasteiger partial charge in [0, 0.05) is 11.9 Å². The number of hydrogen-bond acceptors (Lipinski definition) is 5. The van der Waals surface area contributed by atoms with E-state index in [1.54, 1.807) is 12.3 Å². The van der Waals surface area contributed by atoms with Gasteiger partial charge >= 0.3 is 0 Å². The van der Waals surface area contributed by atoms with Crippen molar-refractivity contribution in [3.8, 4) is 0 Å². The highest BCUT2D eigenvalue weighted by Gasteiger charge is 2.18. The number of anilines is 1. The molecule has 0 unspecified atom stereocenters. The molecular weight excluding hydrogens is 319 g/mol. The summed E-state index contributed by atoms with van der Waals surface area (Å²) >= 11 is 1.25. The highest BCUT2D eigenvalue weighted by atomic mass is 32.1. The number of carbonyl (C=O) groups is 1. The lowest BCUT2D eigenvalue weighted by Crippen LogP contribution is -2.27. The molecule has 0 aliphatic carbocycles. The van der Waals surface area contributed by atoms with Crippen LogP contribution in [0.4, 0.5) is 9.52 Å². The largest absolute Gasteiger partial charge is 0.296 e. The van der Waals surface area contributed by atoms with Gasteiger partial charge in [-0.05, 0) is 32.0 Å². The number of fused-ring (bicyclic) bond motifs is 1. The van der Waals surface area contributed by atoms with Crippen LogP contribution in [0.5, 0.6) is 0 Å². The zero-order valence-electron chi connectivity index (χ0n) is 12.5. The van der Waals surface area contributed by atoms with E-state index in [4.69, 9.17) is 0 Å². The number of nitrogens with one attached hydrogen (secondary N) is 1. The molecular formula is C15H13FN4O2S. The Kier molecular flexibility index (Phi) is 3.91. The first kappa shape index (κ1) is 15.3. The Morgan fingerprint density at radius 3 is 2.87 bits per heavy atom. The molecule has 0 saturated carbocycles. The molecule has 2 aromatic heterocycles. The number of rotatable bonds is 3. The molecule has 3 aromatic rings. The smallest absolute Gasteiger partial charge is 0.281 e. The number of nitrogens with zero attached hydrogens (tertiary/aromatic N) is 3. The molecule has 1 aromatic carbocycles. The van der Waals surface area contributed by atoms with Crippen molar-refractivity contribution < 1.29 is 9.18 Å². The lowest BCUT2D eigenvalue weighted by atomic mass is 10.2. The summed E-state index contributed by atoms with van der Waals surface area (Å²) in [6, 6.07) is 3.86. The lowest BCUT2D eigenvalue weighted by Gasteiger charge is -2.09. The molecule has 0 atom stereocenters. The number of hydrogen-bond donors (Lipinski definition) is 1. The third kappa shape index (κ3) is 2.85. The number of benzene rings is 1. The molecule has 1 amide bonds. The number of thiazole rings is 1. The molecule has 23 heavy (non-hydrogen) atoms. The average Bonchev–Trinajstić information content (AvgIpc) is 2.93. The van der Waals surface area contributed by atoms with E-state index < -0.39 is 17.2 Å². The van der Waals surface area contributed by atoms with Crippen molar-refractivity contribution in [2.75, 3.05) is 5.32 Å². The first-order chi connectivity index (χ1) is 11.0. The van der Waals surface area contributed by atoms with Gasteiger partial charge in [0.05, 0.1) is 16.6 Å². The van der Waals surface area contributed by atoms with Gasteiger partial charge in [0.15, 0.2) is 10.8 Å². The lowest BCUT2D eigenvalue weighted by molar-refractivity contribution is 0.101. The highest BCUT2D eigenvalue weighted by Crippen LogP contribution is 2.16. The van der Waals surface area contributed by atoms with Crippen molar-refractivity contribution in [3.05, 3.63) is 51.0 Å². The van der Waals surface area contributed by atoms with E-state index in [-0.39, 0.29) is 11.1 Å². The van der Waals surface area contributed by atoms with Crippen LogP contribution >= 0.6 is 11.3 Å². The van der Waals surface area contributed by atoms with Gasteiger partial charge in [0.1, 0.15) is 5.82 Å². The molecule has 0 radical (unpaired) electrons. The number of carbonyl (C=O) groups excluding carboxylic acids is 1. The molecule has 6 nitrogen and oxygen atoms in total. The normalized spacial score (nSPS) is 10.9. The van der Waals surface area contributed by atoms with Crippen molar-refractivity contribution >= 4 is 33.3 Å². The van der Waals surface area contributed by atoms with Crippen LogP contribution in [0.3, 0.4) is 0 Å². The van der Waals surface area contributed by atoms with Crippen LogP contribution < -0.4 is 10.7 Å². The van der Waals surface area contributed by atoms with Gasteiger partial charge in [0.25, 0.3) is 5.91 Å². The molecule has 3 rings (SSSR count). The van der Waals surface area contributed by atoms with Gasteiger partial charge in [-0.1, -0.05) is 0 Å². The Morgan fingerprint density at radius 2 is 2.22 bits per heavy atom. The molecule has 0 aliphatic heterocycles. The van der Waals surface area contributed by atoms with Crippen molar-refractivity contribution in [3.63, 3.8) is 0 Å². The predicted molar refractivity (Wildman–Crippen MR) is 86.4 cm³/mol. The topological polar surface area (TPSA) is 76.9 Å². The first-order valence-electron chi connectivity index (χ1n) is 6.93. The second-order valence-electron chi connectivity index (χ2n) is 4.90. The maximum Gasteiger partial charge on any atom is 0.281 e. The van der Waals surface area contributed by atoms with Crippen LogP contribution in [-0.4, -0.2) is 20.7 Å².